The molecule has 3 nitrogen and oxygen atoms in total. The summed E-state index contributed by atoms with van der Waals surface area (Å²) in [6.45, 7) is 0. The molecule has 0 heterocycles. The molecule has 21 heavy (non-hydrogen) atoms. The lowest BCUT2D eigenvalue weighted by Crippen LogP contribution is -2.14. The molecule has 2 aromatic carbocycles. The number of halogens is 4. The minimum atomic E-state index is -4.50. The second-order valence-corrected chi connectivity index (χ2v) is 4.68. The smallest absolute Gasteiger partial charge is 0.397 e. The van der Waals surface area contributed by atoms with Gasteiger partial charge in [-0.1, -0.05) is 17.7 Å². The van der Waals surface area contributed by atoms with E-state index < -0.39 is 17.6 Å². The molecule has 0 fully saturated rings. The first-order valence-electron chi connectivity index (χ1n) is 5.81. The molecule has 0 aromatic heterocycles. The average Bonchev–Trinajstić information content (AvgIpc) is 2.42. The second-order valence-electron chi connectivity index (χ2n) is 4.27. The lowest BCUT2D eigenvalue weighted by Gasteiger charge is -2.10. The molecular weight excluding hydrogens is 305 g/mol. The van der Waals surface area contributed by atoms with Gasteiger partial charge in [0.25, 0.3) is 5.91 Å². The van der Waals surface area contributed by atoms with Crippen molar-refractivity contribution in [1.82, 2.24) is 0 Å². The molecule has 2 rings (SSSR count). The third kappa shape index (κ3) is 3.66. The fourth-order valence-corrected chi connectivity index (χ4v) is 1.78. The molecule has 0 bridgehead atoms. The highest BCUT2D eigenvalue weighted by Gasteiger charge is 2.30. The van der Waals surface area contributed by atoms with Crippen LogP contribution in [0.15, 0.2) is 42.5 Å². The number of hydrogen-bond donors (Lipinski definition) is 2. The third-order valence-corrected chi connectivity index (χ3v) is 3.05. The minimum Gasteiger partial charge on any atom is -0.397 e. The van der Waals surface area contributed by atoms with Crippen molar-refractivity contribution in [2.45, 2.75) is 6.18 Å². The summed E-state index contributed by atoms with van der Waals surface area (Å²) in [6, 6.07) is 8.57. The Morgan fingerprint density at radius 3 is 2.48 bits per heavy atom. The van der Waals surface area contributed by atoms with Crippen molar-refractivity contribution in [3.05, 3.63) is 58.6 Å². The van der Waals surface area contributed by atoms with E-state index in [0.29, 0.717) is 10.7 Å². The topological polar surface area (TPSA) is 55.1 Å². The predicted octanol–water partition coefficient (Wildman–Crippen LogP) is 4.19. The Kier molecular flexibility index (Phi) is 4.09. The highest BCUT2D eigenvalue weighted by atomic mass is 35.5. The maximum absolute atomic E-state index is 12.6. The SMILES string of the molecule is Nc1cc(NC(=O)c2cccc(C(F)(F)F)c2)ccc1Cl. The first-order chi connectivity index (χ1) is 9.77. The van der Waals surface area contributed by atoms with Gasteiger partial charge in [0.1, 0.15) is 0 Å². The Morgan fingerprint density at radius 2 is 1.86 bits per heavy atom. The zero-order valence-corrected chi connectivity index (χ0v) is 11.3. The Hall–Kier alpha value is -2.21. The van der Waals surface area contributed by atoms with Gasteiger partial charge in [-0.2, -0.15) is 13.2 Å². The van der Waals surface area contributed by atoms with Crippen molar-refractivity contribution in [2.75, 3.05) is 11.1 Å². The first kappa shape index (κ1) is 15.2. The number of carbonyl (C=O) groups is 1. The normalized spacial score (nSPS) is 11.2. The summed E-state index contributed by atoms with van der Waals surface area (Å²) in [4.78, 5) is 11.9. The molecule has 0 aliphatic heterocycles. The molecule has 0 aliphatic rings. The van der Waals surface area contributed by atoms with Gasteiger partial charge >= 0.3 is 6.18 Å². The molecule has 0 radical (unpaired) electrons. The molecule has 0 saturated carbocycles. The quantitative estimate of drug-likeness (QED) is 0.816. The van der Waals surface area contributed by atoms with E-state index in [1.165, 1.54) is 30.3 Å². The molecule has 0 spiro atoms. The second kappa shape index (κ2) is 5.65. The number of amides is 1. The minimum absolute atomic E-state index is 0.0988. The summed E-state index contributed by atoms with van der Waals surface area (Å²) in [6.07, 6.45) is -4.50. The lowest BCUT2D eigenvalue weighted by atomic mass is 10.1. The van der Waals surface area contributed by atoms with E-state index in [-0.39, 0.29) is 11.3 Å². The lowest BCUT2D eigenvalue weighted by molar-refractivity contribution is -0.137. The van der Waals surface area contributed by atoms with E-state index in [9.17, 15) is 18.0 Å². The zero-order chi connectivity index (χ0) is 15.6. The van der Waals surface area contributed by atoms with Gasteiger partial charge in [0, 0.05) is 11.3 Å². The van der Waals surface area contributed by atoms with Crippen molar-refractivity contribution in [1.29, 1.82) is 0 Å². The van der Waals surface area contributed by atoms with Crippen LogP contribution in [0.1, 0.15) is 15.9 Å². The van der Waals surface area contributed by atoms with Crippen LogP contribution in [0, 0.1) is 0 Å². The molecule has 0 atom stereocenters. The molecule has 2 aromatic rings. The van der Waals surface area contributed by atoms with Crippen molar-refractivity contribution in [3.63, 3.8) is 0 Å². The fourth-order valence-electron chi connectivity index (χ4n) is 1.66. The number of anilines is 2. The van der Waals surface area contributed by atoms with Gasteiger partial charge in [-0.05, 0) is 36.4 Å². The average molecular weight is 315 g/mol. The molecular formula is C14H10ClF3N2O. The third-order valence-electron chi connectivity index (χ3n) is 2.71. The van der Waals surface area contributed by atoms with Crippen LogP contribution in [-0.4, -0.2) is 5.91 Å². The van der Waals surface area contributed by atoms with Crippen LogP contribution < -0.4 is 11.1 Å². The van der Waals surface area contributed by atoms with E-state index in [0.717, 1.165) is 12.1 Å². The van der Waals surface area contributed by atoms with Gasteiger partial charge in [0.2, 0.25) is 0 Å². The van der Waals surface area contributed by atoms with Crippen LogP contribution in [-0.2, 0) is 6.18 Å². The molecule has 0 aliphatic carbocycles. The number of nitrogen functional groups attached to an aromatic ring is 1. The highest BCUT2D eigenvalue weighted by molar-refractivity contribution is 6.33. The van der Waals surface area contributed by atoms with Gasteiger partial charge in [0.15, 0.2) is 0 Å². The maximum Gasteiger partial charge on any atom is 0.416 e. The molecule has 1 amide bonds. The summed E-state index contributed by atoms with van der Waals surface area (Å²) < 4.78 is 37.8. The zero-order valence-electron chi connectivity index (χ0n) is 10.5. The van der Waals surface area contributed by atoms with Crippen LogP contribution in [0.2, 0.25) is 5.02 Å². The molecule has 110 valence electrons. The summed E-state index contributed by atoms with van der Waals surface area (Å²) in [7, 11) is 0. The molecule has 0 unspecified atom stereocenters. The van der Waals surface area contributed by atoms with Crippen molar-refractivity contribution < 1.29 is 18.0 Å². The van der Waals surface area contributed by atoms with E-state index in [1.807, 2.05) is 0 Å². The molecule has 7 heteroatoms. The Morgan fingerprint density at radius 1 is 1.14 bits per heavy atom. The number of hydrogen-bond acceptors (Lipinski definition) is 2. The van der Waals surface area contributed by atoms with Crippen LogP contribution in [0.25, 0.3) is 0 Å². The number of rotatable bonds is 2. The molecule has 3 N–H and O–H groups in total. The van der Waals surface area contributed by atoms with Gasteiger partial charge < -0.3 is 11.1 Å². The van der Waals surface area contributed by atoms with Gasteiger partial charge in [-0.15, -0.1) is 0 Å². The van der Waals surface area contributed by atoms with Crippen LogP contribution in [0.3, 0.4) is 0 Å². The van der Waals surface area contributed by atoms with Crippen molar-refractivity contribution in [3.8, 4) is 0 Å². The van der Waals surface area contributed by atoms with Crippen LogP contribution >= 0.6 is 11.6 Å². The van der Waals surface area contributed by atoms with Crippen molar-refractivity contribution in [2.24, 2.45) is 0 Å². The number of nitrogens with two attached hydrogens (primary N) is 1. The van der Waals surface area contributed by atoms with Crippen molar-refractivity contribution >= 4 is 28.9 Å². The first-order valence-corrected chi connectivity index (χ1v) is 6.19. The monoisotopic (exact) mass is 314 g/mol. The molecule has 0 saturated heterocycles. The Labute approximate surface area is 123 Å². The van der Waals surface area contributed by atoms with Gasteiger partial charge in [-0.25, -0.2) is 0 Å². The van der Waals surface area contributed by atoms with E-state index in [2.05, 4.69) is 5.32 Å². The number of benzene rings is 2. The van der Waals surface area contributed by atoms with Gasteiger partial charge in [-0.3, -0.25) is 4.79 Å². The van der Waals surface area contributed by atoms with Gasteiger partial charge in [0.05, 0.1) is 16.3 Å². The van der Waals surface area contributed by atoms with E-state index in [4.69, 9.17) is 17.3 Å². The summed E-state index contributed by atoms with van der Waals surface area (Å²) in [5, 5.41) is 2.79. The fraction of sp³-hybridized carbons (Fsp3) is 0.0714. The number of carbonyl (C=O) groups excluding carboxylic acids is 1. The van der Waals surface area contributed by atoms with Crippen LogP contribution in [0.4, 0.5) is 24.5 Å². The highest BCUT2D eigenvalue weighted by Crippen LogP contribution is 2.30. The number of nitrogens with one attached hydrogen (secondary N) is 1. The maximum atomic E-state index is 12.6. The Balaban J connectivity index is 2.22. The predicted molar refractivity (Wildman–Crippen MR) is 75.3 cm³/mol. The standard InChI is InChI=1S/C14H10ClF3N2O/c15-11-5-4-10(7-12(11)19)20-13(21)8-2-1-3-9(6-8)14(16,17)18/h1-7H,19H2,(H,20,21). The van der Waals surface area contributed by atoms with E-state index in [1.54, 1.807) is 0 Å². The van der Waals surface area contributed by atoms with E-state index >= 15 is 0 Å². The van der Waals surface area contributed by atoms with Crippen LogP contribution in [0.5, 0.6) is 0 Å². The Bertz CT molecular complexity index is 686. The summed E-state index contributed by atoms with van der Waals surface area (Å²) in [5.74, 6) is -0.664. The summed E-state index contributed by atoms with van der Waals surface area (Å²) in [5.41, 5.74) is 5.21. The largest absolute Gasteiger partial charge is 0.416 e. The number of alkyl halides is 3. The summed E-state index contributed by atoms with van der Waals surface area (Å²) >= 11 is 5.74.